The quantitative estimate of drug-likeness (QED) is 0.577. The molecule has 0 fully saturated rings. The van der Waals surface area contributed by atoms with E-state index < -0.39 is 11.2 Å². The first-order valence-electron chi connectivity index (χ1n) is 7.80. The Morgan fingerprint density at radius 2 is 2.00 bits per heavy atom. The van der Waals surface area contributed by atoms with Crippen molar-refractivity contribution in [3.05, 3.63) is 69.1 Å². The smallest absolute Gasteiger partial charge is 0.328 e. The molecule has 1 aromatic carbocycles. The summed E-state index contributed by atoms with van der Waals surface area (Å²) in [6.45, 7) is 0.257. The summed E-state index contributed by atoms with van der Waals surface area (Å²) in [5, 5.41) is 10.5. The van der Waals surface area contributed by atoms with Crippen LogP contribution in [0, 0.1) is 5.82 Å². The van der Waals surface area contributed by atoms with Gasteiger partial charge in [-0.25, -0.2) is 9.18 Å². The number of nitrogens with one attached hydrogen (secondary N) is 2. The number of nitrogens with zero attached hydrogens (tertiary/aromatic N) is 3. The van der Waals surface area contributed by atoms with Crippen molar-refractivity contribution in [1.29, 1.82) is 0 Å². The van der Waals surface area contributed by atoms with Crippen LogP contribution in [0.2, 0.25) is 0 Å². The van der Waals surface area contributed by atoms with Gasteiger partial charge in [-0.05, 0) is 24.3 Å². The van der Waals surface area contributed by atoms with Crippen molar-refractivity contribution in [3.8, 4) is 0 Å². The molecule has 3 rings (SSSR count). The summed E-state index contributed by atoms with van der Waals surface area (Å²) in [7, 11) is 0. The Kier molecular flexibility index (Phi) is 5.81. The number of rotatable bonds is 7. The Labute approximate surface area is 155 Å². The van der Waals surface area contributed by atoms with Crippen molar-refractivity contribution in [2.24, 2.45) is 0 Å². The minimum absolute atomic E-state index is 0.0401. The van der Waals surface area contributed by atoms with Crippen LogP contribution in [0.1, 0.15) is 5.89 Å². The first-order valence-corrected chi connectivity index (χ1v) is 8.78. The first kappa shape index (κ1) is 18.6. The van der Waals surface area contributed by atoms with E-state index in [-0.39, 0.29) is 29.2 Å². The van der Waals surface area contributed by atoms with Crippen molar-refractivity contribution < 1.29 is 13.6 Å². The van der Waals surface area contributed by atoms with Crippen LogP contribution in [-0.2, 0) is 17.8 Å². The van der Waals surface area contributed by atoms with E-state index >= 15 is 0 Å². The number of carbonyl (C=O) groups excluding carboxylic acids is 1. The predicted molar refractivity (Wildman–Crippen MR) is 95.1 cm³/mol. The molecule has 0 aliphatic heterocycles. The van der Waals surface area contributed by atoms with Crippen molar-refractivity contribution >= 4 is 23.4 Å². The number of benzene rings is 1. The number of H-pyrrole nitrogens is 1. The summed E-state index contributed by atoms with van der Waals surface area (Å²) < 4.78 is 19.6. The van der Waals surface area contributed by atoms with E-state index in [1.807, 2.05) is 0 Å². The fourth-order valence-corrected chi connectivity index (χ4v) is 2.67. The van der Waals surface area contributed by atoms with Gasteiger partial charge in [-0.3, -0.25) is 14.6 Å². The molecule has 1 amide bonds. The molecule has 0 radical (unpaired) electrons. The van der Waals surface area contributed by atoms with Gasteiger partial charge in [0.05, 0.1) is 5.75 Å². The SMILES string of the molecule is O=C(CSc1nnc(CCn2ccc(=O)[nH]c2=O)o1)Nc1ccc(F)cc1. The molecule has 9 nitrogen and oxygen atoms in total. The molecule has 2 aromatic heterocycles. The Bertz CT molecular complexity index is 1040. The molecular weight excluding hydrogens is 377 g/mol. The fraction of sp³-hybridized carbons (Fsp3) is 0.188. The van der Waals surface area contributed by atoms with Gasteiger partial charge in [-0.1, -0.05) is 11.8 Å². The number of hydrogen-bond acceptors (Lipinski definition) is 7. The molecule has 3 aromatic rings. The van der Waals surface area contributed by atoms with Gasteiger partial charge in [0.2, 0.25) is 11.8 Å². The van der Waals surface area contributed by atoms with E-state index in [4.69, 9.17) is 4.42 Å². The van der Waals surface area contributed by atoms with Gasteiger partial charge >= 0.3 is 5.69 Å². The summed E-state index contributed by atoms with van der Waals surface area (Å²) in [5.74, 6) is -0.344. The van der Waals surface area contributed by atoms with Crippen molar-refractivity contribution in [2.45, 2.75) is 18.2 Å². The number of aryl methyl sites for hydroxylation is 2. The lowest BCUT2D eigenvalue weighted by atomic mass is 10.3. The third-order valence-electron chi connectivity index (χ3n) is 3.37. The summed E-state index contributed by atoms with van der Waals surface area (Å²) in [5.41, 5.74) is -0.500. The molecule has 0 aliphatic carbocycles. The van der Waals surface area contributed by atoms with Crippen LogP contribution in [0.5, 0.6) is 0 Å². The average Bonchev–Trinajstić information content (AvgIpc) is 3.09. The largest absolute Gasteiger partial charge is 0.416 e. The molecule has 2 heterocycles. The molecule has 0 atom stereocenters. The number of carbonyl (C=O) groups is 1. The minimum Gasteiger partial charge on any atom is -0.416 e. The van der Waals surface area contributed by atoms with E-state index in [2.05, 4.69) is 20.5 Å². The molecule has 11 heteroatoms. The highest BCUT2D eigenvalue weighted by molar-refractivity contribution is 7.99. The van der Waals surface area contributed by atoms with Crippen molar-refractivity contribution in [2.75, 3.05) is 11.1 Å². The molecule has 0 spiro atoms. The maximum atomic E-state index is 12.8. The first-order chi connectivity index (χ1) is 13.0. The van der Waals surface area contributed by atoms with Gasteiger partial charge in [-0.15, -0.1) is 10.2 Å². The summed E-state index contributed by atoms with van der Waals surface area (Å²) >= 11 is 1.06. The molecule has 0 unspecified atom stereocenters. The van der Waals surface area contributed by atoms with Crippen LogP contribution in [0.3, 0.4) is 0 Å². The Hall–Kier alpha value is -3.21. The molecular formula is C16H14FN5O4S. The van der Waals surface area contributed by atoms with E-state index in [9.17, 15) is 18.8 Å². The third kappa shape index (κ3) is 5.38. The standard InChI is InChI=1S/C16H14FN5O4S/c17-10-1-3-11(4-2-10)18-13(24)9-27-16-21-20-14(26-16)6-8-22-7-5-12(23)19-15(22)25/h1-5,7H,6,8-9H2,(H,18,24)(H,19,23,25). The van der Waals surface area contributed by atoms with Crippen molar-refractivity contribution in [1.82, 2.24) is 19.7 Å². The molecule has 0 aliphatic rings. The monoisotopic (exact) mass is 391 g/mol. The van der Waals surface area contributed by atoms with Gasteiger partial charge in [0, 0.05) is 30.9 Å². The Morgan fingerprint density at radius 1 is 1.22 bits per heavy atom. The van der Waals surface area contributed by atoms with Gasteiger partial charge in [0.15, 0.2) is 0 Å². The van der Waals surface area contributed by atoms with Crippen LogP contribution in [0.25, 0.3) is 0 Å². The van der Waals surface area contributed by atoms with Crippen LogP contribution >= 0.6 is 11.8 Å². The number of hydrogen-bond donors (Lipinski definition) is 2. The van der Waals surface area contributed by atoms with Crippen LogP contribution < -0.4 is 16.6 Å². The Morgan fingerprint density at radius 3 is 2.74 bits per heavy atom. The zero-order valence-corrected chi connectivity index (χ0v) is 14.7. The highest BCUT2D eigenvalue weighted by Crippen LogP contribution is 2.17. The van der Waals surface area contributed by atoms with E-state index in [0.717, 1.165) is 11.8 Å². The molecule has 0 bridgehead atoms. The van der Waals surface area contributed by atoms with Crippen LogP contribution in [0.4, 0.5) is 10.1 Å². The average molecular weight is 391 g/mol. The number of anilines is 1. The lowest BCUT2D eigenvalue weighted by molar-refractivity contribution is -0.113. The van der Waals surface area contributed by atoms with Gasteiger partial charge in [0.25, 0.3) is 10.8 Å². The van der Waals surface area contributed by atoms with E-state index in [0.29, 0.717) is 18.0 Å². The molecule has 0 saturated carbocycles. The number of amides is 1. The minimum atomic E-state index is -0.519. The topological polar surface area (TPSA) is 123 Å². The Balaban J connectivity index is 1.48. The maximum absolute atomic E-state index is 12.8. The highest BCUT2D eigenvalue weighted by Gasteiger charge is 2.10. The third-order valence-corrected chi connectivity index (χ3v) is 4.18. The number of halogens is 1. The number of aromatic nitrogens is 4. The molecule has 0 saturated heterocycles. The summed E-state index contributed by atoms with van der Waals surface area (Å²) in [4.78, 5) is 36.6. The van der Waals surface area contributed by atoms with Gasteiger partial charge in [-0.2, -0.15) is 0 Å². The lowest BCUT2D eigenvalue weighted by Crippen LogP contribution is -2.29. The lowest BCUT2D eigenvalue weighted by Gasteiger charge is -2.03. The molecule has 140 valence electrons. The maximum Gasteiger partial charge on any atom is 0.328 e. The van der Waals surface area contributed by atoms with Crippen molar-refractivity contribution in [3.63, 3.8) is 0 Å². The van der Waals surface area contributed by atoms with E-state index in [1.54, 1.807) is 0 Å². The number of thioether (sulfide) groups is 1. The second-order valence-electron chi connectivity index (χ2n) is 5.36. The molecule has 27 heavy (non-hydrogen) atoms. The van der Waals surface area contributed by atoms with E-state index in [1.165, 1.54) is 41.1 Å². The summed E-state index contributed by atoms with van der Waals surface area (Å²) in [6.07, 6.45) is 1.67. The summed E-state index contributed by atoms with van der Waals surface area (Å²) in [6, 6.07) is 6.67. The van der Waals surface area contributed by atoms with Gasteiger partial charge < -0.3 is 14.3 Å². The zero-order valence-electron chi connectivity index (χ0n) is 13.8. The second kappa shape index (κ2) is 8.45. The second-order valence-corrected chi connectivity index (χ2v) is 6.29. The molecule has 2 N–H and O–H groups in total. The zero-order chi connectivity index (χ0) is 19.2. The predicted octanol–water partition coefficient (Wildman–Crippen LogP) is 1.03. The van der Waals surface area contributed by atoms with Crippen LogP contribution in [0.15, 0.2) is 55.8 Å². The van der Waals surface area contributed by atoms with Gasteiger partial charge in [0.1, 0.15) is 5.82 Å². The normalized spacial score (nSPS) is 10.7. The number of aromatic amines is 1. The highest BCUT2D eigenvalue weighted by atomic mass is 32.2. The van der Waals surface area contributed by atoms with Crippen LogP contribution in [-0.4, -0.2) is 31.4 Å². The fourth-order valence-electron chi connectivity index (χ4n) is 2.09.